The largest absolute Gasteiger partial charge is 0.479 e. The van der Waals surface area contributed by atoms with Gasteiger partial charge >= 0.3 is 0 Å². The minimum absolute atomic E-state index is 0.152. The number of nitrogens with one attached hydrogen (secondary N) is 1. The summed E-state index contributed by atoms with van der Waals surface area (Å²) in [6.07, 6.45) is 1.40. The van der Waals surface area contributed by atoms with Gasteiger partial charge in [-0.3, -0.25) is 4.79 Å². The molecule has 0 bridgehead atoms. The number of amides is 1. The molecule has 0 spiro atoms. The number of carbonyl (C=O) groups excluding carboxylic acids is 1. The number of carbonyl (C=O) groups is 1. The quantitative estimate of drug-likeness (QED) is 0.876. The Morgan fingerprint density at radius 1 is 1.35 bits per heavy atom. The second kappa shape index (κ2) is 7.22. The van der Waals surface area contributed by atoms with Crippen LogP contribution in [0.3, 0.4) is 0 Å². The van der Waals surface area contributed by atoms with Crippen molar-refractivity contribution in [2.45, 2.75) is 0 Å². The van der Waals surface area contributed by atoms with Gasteiger partial charge in [0.2, 0.25) is 5.76 Å². The van der Waals surface area contributed by atoms with Gasteiger partial charge in [0.05, 0.1) is 17.8 Å². The number of benzene rings is 1. The van der Waals surface area contributed by atoms with Crippen LogP contribution in [0.5, 0.6) is 5.75 Å². The van der Waals surface area contributed by atoms with Crippen molar-refractivity contribution in [1.29, 1.82) is 0 Å². The molecule has 0 fully saturated rings. The zero-order valence-electron chi connectivity index (χ0n) is 10.4. The molecule has 6 heteroatoms. The minimum atomic E-state index is -0.358. The van der Waals surface area contributed by atoms with Crippen LogP contribution in [0.15, 0.2) is 41.1 Å². The van der Waals surface area contributed by atoms with Crippen LogP contribution in [0, 0.1) is 11.8 Å². The zero-order valence-corrected chi connectivity index (χ0v) is 11.2. The summed E-state index contributed by atoms with van der Waals surface area (Å²) in [6, 6.07) is 8.62. The van der Waals surface area contributed by atoms with Crippen LogP contribution in [-0.4, -0.2) is 24.2 Å². The first-order chi connectivity index (χ1) is 9.77. The fourth-order valence-corrected chi connectivity index (χ4v) is 1.52. The fraction of sp³-hybridized carbons (Fsp3) is 0.143. The Morgan fingerprint density at radius 2 is 2.20 bits per heavy atom. The minimum Gasteiger partial charge on any atom is -0.479 e. The van der Waals surface area contributed by atoms with Gasteiger partial charge in [-0.25, -0.2) is 0 Å². The summed E-state index contributed by atoms with van der Waals surface area (Å²) in [5.41, 5.74) is 0. The summed E-state index contributed by atoms with van der Waals surface area (Å²) >= 11 is 5.92. The Kier molecular flexibility index (Phi) is 5.04. The van der Waals surface area contributed by atoms with Gasteiger partial charge in [-0.15, -0.1) is 0 Å². The van der Waals surface area contributed by atoms with Gasteiger partial charge in [0.25, 0.3) is 5.91 Å². The molecule has 20 heavy (non-hydrogen) atoms. The number of aromatic nitrogens is 1. The molecule has 0 radical (unpaired) electrons. The van der Waals surface area contributed by atoms with Gasteiger partial charge in [0.15, 0.2) is 0 Å². The van der Waals surface area contributed by atoms with Crippen molar-refractivity contribution in [3.8, 4) is 17.6 Å². The van der Waals surface area contributed by atoms with Crippen LogP contribution in [0.4, 0.5) is 0 Å². The summed E-state index contributed by atoms with van der Waals surface area (Å²) in [6.45, 7) is 0.396. The van der Waals surface area contributed by atoms with E-state index in [0.29, 0.717) is 10.8 Å². The Balaban J connectivity index is 1.71. The number of para-hydroxylation sites is 1. The van der Waals surface area contributed by atoms with Crippen molar-refractivity contribution in [2.75, 3.05) is 13.2 Å². The molecule has 5 nitrogen and oxygen atoms in total. The van der Waals surface area contributed by atoms with Crippen molar-refractivity contribution in [3.63, 3.8) is 0 Å². The summed E-state index contributed by atoms with van der Waals surface area (Å²) in [4.78, 5) is 11.4. The monoisotopic (exact) mass is 290 g/mol. The van der Waals surface area contributed by atoms with Crippen LogP contribution < -0.4 is 10.1 Å². The molecule has 0 atom stereocenters. The Hall–Kier alpha value is -2.45. The first-order valence-corrected chi connectivity index (χ1v) is 6.17. The average molecular weight is 291 g/mol. The van der Waals surface area contributed by atoms with E-state index in [1.54, 1.807) is 12.1 Å². The first kappa shape index (κ1) is 14.0. The lowest BCUT2D eigenvalue weighted by atomic mass is 10.3. The standard InChI is InChI=1S/C14H11ClN2O3/c15-11-5-1-2-6-12(11)19-10-4-3-8-16-14(18)13-7-9-17-20-13/h1-2,5-7,9H,8,10H2,(H,16,18). The van der Waals surface area contributed by atoms with Gasteiger partial charge in [0.1, 0.15) is 12.4 Å². The van der Waals surface area contributed by atoms with Crippen molar-refractivity contribution in [1.82, 2.24) is 10.5 Å². The molecule has 102 valence electrons. The molecule has 1 aromatic carbocycles. The maximum atomic E-state index is 11.4. The number of nitrogens with zero attached hydrogens (tertiary/aromatic N) is 1. The molecule has 1 heterocycles. The van der Waals surface area contributed by atoms with Crippen molar-refractivity contribution < 1.29 is 14.1 Å². The average Bonchev–Trinajstić information content (AvgIpc) is 2.98. The highest BCUT2D eigenvalue weighted by atomic mass is 35.5. The topological polar surface area (TPSA) is 64.4 Å². The smallest absolute Gasteiger partial charge is 0.290 e. The third kappa shape index (κ3) is 4.04. The first-order valence-electron chi connectivity index (χ1n) is 5.79. The third-order valence-electron chi connectivity index (χ3n) is 2.26. The van der Waals surface area contributed by atoms with Crippen molar-refractivity contribution in [2.24, 2.45) is 0 Å². The van der Waals surface area contributed by atoms with Gasteiger partial charge in [0, 0.05) is 6.07 Å². The van der Waals surface area contributed by atoms with Gasteiger partial charge in [-0.2, -0.15) is 0 Å². The normalized spacial score (nSPS) is 9.45. The van der Waals surface area contributed by atoms with E-state index >= 15 is 0 Å². The van der Waals surface area contributed by atoms with Gasteiger partial charge in [-0.05, 0) is 12.1 Å². The van der Waals surface area contributed by atoms with E-state index in [0.717, 1.165) is 0 Å². The molecule has 2 aromatic rings. The maximum Gasteiger partial charge on any atom is 0.290 e. The predicted octanol–water partition coefficient (Wildman–Crippen LogP) is 2.14. The van der Waals surface area contributed by atoms with E-state index in [9.17, 15) is 4.79 Å². The van der Waals surface area contributed by atoms with Crippen LogP contribution in [0.2, 0.25) is 5.02 Å². The lowest BCUT2D eigenvalue weighted by Crippen LogP contribution is -2.23. The molecule has 1 N–H and O–H groups in total. The highest BCUT2D eigenvalue weighted by Gasteiger charge is 2.06. The van der Waals surface area contributed by atoms with Crippen LogP contribution >= 0.6 is 11.6 Å². The van der Waals surface area contributed by atoms with E-state index in [-0.39, 0.29) is 24.8 Å². The molecule has 0 saturated heterocycles. The molecule has 2 rings (SSSR count). The van der Waals surface area contributed by atoms with Gasteiger partial charge < -0.3 is 14.6 Å². The maximum absolute atomic E-state index is 11.4. The Morgan fingerprint density at radius 3 is 2.95 bits per heavy atom. The summed E-state index contributed by atoms with van der Waals surface area (Å²) in [5.74, 6) is 5.90. The van der Waals surface area contributed by atoms with E-state index < -0.39 is 0 Å². The molecular formula is C14H11ClN2O3. The third-order valence-corrected chi connectivity index (χ3v) is 2.57. The van der Waals surface area contributed by atoms with E-state index in [1.807, 2.05) is 12.1 Å². The molecule has 1 aromatic heterocycles. The molecular weight excluding hydrogens is 280 g/mol. The van der Waals surface area contributed by atoms with E-state index in [2.05, 4.69) is 22.3 Å². The fourth-order valence-electron chi connectivity index (χ4n) is 1.33. The Bertz CT molecular complexity index is 629. The lowest BCUT2D eigenvalue weighted by Gasteiger charge is -2.02. The second-order valence-corrected chi connectivity index (χ2v) is 4.04. The van der Waals surface area contributed by atoms with Crippen LogP contribution in [-0.2, 0) is 0 Å². The molecule has 0 aliphatic carbocycles. The molecule has 0 aliphatic heterocycles. The molecule has 1 amide bonds. The zero-order chi connectivity index (χ0) is 14.2. The molecule has 0 unspecified atom stereocenters. The SMILES string of the molecule is O=C(NCC#CCOc1ccccc1Cl)c1ccno1. The number of rotatable bonds is 4. The van der Waals surface area contributed by atoms with Crippen LogP contribution in [0.25, 0.3) is 0 Å². The van der Waals surface area contributed by atoms with Crippen molar-refractivity contribution in [3.05, 3.63) is 47.3 Å². The number of hydrogen-bond donors (Lipinski definition) is 1. The number of hydrogen-bond acceptors (Lipinski definition) is 4. The van der Waals surface area contributed by atoms with E-state index in [4.69, 9.17) is 20.9 Å². The summed E-state index contributed by atoms with van der Waals surface area (Å²) in [7, 11) is 0. The second-order valence-electron chi connectivity index (χ2n) is 3.63. The number of halogens is 1. The summed E-state index contributed by atoms with van der Waals surface area (Å²) in [5, 5.41) is 6.54. The summed E-state index contributed by atoms with van der Waals surface area (Å²) < 4.78 is 10.1. The lowest BCUT2D eigenvalue weighted by molar-refractivity contribution is 0.0922. The Labute approximate surface area is 120 Å². The van der Waals surface area contributed by atoms with Gasteiger partial charge in [-0.1, -0.05) is 40.7 Å². The van der Waals surface area contributed by atoms with E-state index in [1.165, 1.54) is 12.3 Å². The molecule has 0 aliphatic rings. The number of ether oxygens (including phenoxy) is 1. The highest BCUT2D eigenvalue weighted by molar-refractivity contribution is 6.32. The van der Waals surface area contributed by atoms with Crippen molar-refractivity contribution >= 4 is 17.5 Å². The molecule has 0 saturated carbocycles. The highest BCUT2D eigenvalue weighted by Crippen LogP contribution is 2.22. The predicted molar refractivity (Wildman–Crippen MR) is 73.6 cm³/mol. The van der Waals surface area contributed by atoms with Crippen LogP contribution in [0.1, 0.15) is 10.6 Å².